The van der Waals surface area contributed by atoms with E-state index in [0.717, 1.165) is 14.8 Å². The Balaban J connectivity index is 1.99. The molecule has 3 heterocycles. The minimum atomic E-state index is -0.880. The van der Waals surface area contributed by atoms with Gasteiger partial charge >= 0.3 is 5.97 Å². The van der Waals surface area contributed by atoms with Crippen molar-refractivity contribution >= 4 is 33.6 Å². The first-order valence-electron chi connectivity index (χ1n) is 4.83. The number of imidazole rings is 1. The summed E-state index contributed by atoms with van der Waals surface area (Å²) in [6.07, 6.45) is 1.60. The number of rotatable bonds is 3. The third-order valence-corrected chi connectivity index (χ3v) is 4.12. The fourth-order valence-corrected chi connectivity index (χ4v) is 3.18. The van der Waals surface area contributed by atoms with E-state index in [-0.39, 0.29) is 6.42 Å². The SMILES string of the molecule is O=C(O)Cc1cn2nc(-c3cccs3)sc2n1. The first-order valence-corrected chi connectivity index (χ1v) is 6.53. The van der Waals surface area contributed by atoms with Crippen LogP contribution in [0.5, 0.6) is 0 Å². The number of aliphatic carboxylic acids is 1. The van der Waals surface area contributed by atoms with Gasteiger partial charge in [-0.2, -0.15) is 5.10 Å². The molecule has 0 spiro atoms. The smallest absolute Gasteiger partial charge is 0.309 e. The average molecular weight is 265 g/mol. The van der Waals surface area contributed by atoms with Gasteiger partial charge in [-0.25, -0.2) is 9.50 Å². The minimum Gasteiger partial charge on any atom is -0.481 e. The third-order valence-electron chi connectivity index (χ3n) is 2.16. The van der Waals surface area contributed by atoms with Crippen molar-refractivity contribution in [3.05, 3.63) is 29.4 Å². The van der Waals surface area contributed by atoms with Crippen LogP contribution in [0, 0.1) is 0 Å². The lowest BCUT2D eigenvalue weighted by molar-refractivity contribution is -0.136. The quantitative estimate of drug-likeness (QED) is 0.788. The standard InChI is InChI=1S/C10H7N3O2S2/c14-8(15)4-6-5-13-10(11-6)17-9(12-13)7-2-1-3-16-7/h1-3,5H,4H2,(H,14,15). The summed E-state index contributed by atoms with van der Waals surface area (Å²) in [6, 6.07) is 3.97. The van der Waals surface area contributed by atoms with E-state index >= 15 is 0 Å². The van der Waals surface area contributed by atoms with Crippen LogP contribution in [-0.4, -0.2) is 25.7 Å². The van der Waals surface area contributed by atoms with Crippen LogP contribution in [0.2, 0.25) is 0 Å². The topological polar surface area (TPSA) is 67.5 Å². The van der Waals surface area contributed by atoms with Gasteiger partial charge in [0.25, 0.3) is 0 Å². The molecule has 0 bridgehead atoms. The van der Waals surface area contributed by atoms with Crippen molar-refractivity contribution in [2.24, 2.45) is 0 Å². The van der Waals surface area contributed by atoms with Crippen LogP contribution in [0.15, 0.2) is 23.7 Å². The molecule has 3 rings (SSSR count). The van der Waals surface area contributed by atoms with Gasteiger partial charge in [0.15, 0.2) is 5.01 Å². The second-order valence-electron chi connectivity index (χ2n) is 3.41. The zero-order valence-corrected chi connectivity index (χ0v) is 10.2. The van der Waals surface area contributed by atoms with E-state index in [4.69, 9.17) is 5.11 Å². The highest BCUT2D eigenvalue weighted by molar-refractivity contribution is 7.23. The molecule has 0 radical (unpaired) electrons. The third kappa shape index (κ3) is 1.94. The molecule has 0 aliphatic rings. The highest BCUT2D eigenvalue weighted by Crippen LogP contribution is 2.29. The Hall–Kier alpha value is -1.73. The number of aromatic nitrogens is 3. The molecule has 0 saturated heterocycles. The van der Waals surface area contributed by atoms with E-state index in [2.05, 4.69) is 10.1 Å². The summed E-state index contributed by atoms with van der Waals surface area (Å²) in [6.45, 7) is 0. The molecule has 0 amide bonds. The number of fused-ring (bicyclic) bond motifs is 1. The largest absolute Gasteiger partial charge is 0.481 e. The maximum atomic E-state index is 10.6. The lowest BCUT2D eigenvalue weighted by Gasteiger charge is -1.87. The molecule has 86 valence electrons. The molecule has 17 heavy (non-hydrogen) atoms. The van der Waals surface area contributed by atoms with E-state index in [0.29, 0.717) is 5.69 Å². The van der Waals surface area contributed by atoms with E-state index in [1.165, 1.54) is 11.3 Å². The average Bonchev–Trinajstić information content (AvgIpc) is 2.86. The van der Waals surface area contributed by atoms with Crippen LogP contribution in [0.1, 0.15) is 5.69 Å². The molecule has 7 heteroatoms. The molecular formula is C10H7N3O2S2. The first kappa shape index (κ1) is 10.4. The predicted molar refractivity (Wildman–Crippen MR) is 65.5 cm³/mol. The van der Waals surface area contributed by atoms with Gasteiger partial charge in [-0.15, -0.1) is 11.3 Å². The molecule has 0 aliphatic carbocycles. The normalized spacial score (nSPS) is 11.1. The molecule has 1 N–H and O–H groups in total. The van der Waals surface area contributed by atoms with E-state index in [1.54, 1.807) is 22.0 Å². The van der Waals surface area contributed by atoms with Crippen molar-refractivity contribution in [2.45, 2.75) is 6.42 Å². The van der Waals surface area contributed by atoms with Crippen molar-refractivity contribution in [1.29, 1.82) is 0 Å². The van der Waals surface area contributed by atoms with Crippen molar-refractivity contribution in [3.63, 3.8) is 0 Å². The molecule has 0 aliphatic heterocycles. The Morgan fingerprint density at radius 1 is 1.53 bits per heavy atom. The Morgan fingerprint density at radius 2 is 2.41 bits per heavy atom. The summed E-state index contributed by atoms with van der Waals surface area (Å²) in [5.41, 5.74) is 0.536. The van der Waals surface area contributed by atoms with Gasteiger partial charge in [-0.3, -0.25) is 4.79 Å². The number of hydrogen-bond acceptors (Lipinski definition) is 5. The van der Waals surface area contributed by atoms with Gasteiger partial charge in [-0.1, -0.05) is 17.4 Å². The number of thiophene rings is 1. The Kier molecular flexibility index (Phi) is 2.41. The fraction of sp³-hybridized carbons (Fsp3) is 0.100. The van der Waals surface area contributed by atoms with Crippen molar-refractivity contribution in [3.8, 4) is 9.88 Å². The van der Waals surface area contributed by atoms with Crippen LogP contribution < -0.4 is 0 Å². The van der Waals surface area contributed by atoms with Gasteiger partial charge in [-0.05, 0) is 11.4 Å². The monoisotopic (exact) mass is 265 g/mol. The summed E-state index contributed by atoms with van der Waals surface area (Å²) in [5, 5.41) is 15.9. The first-order chi connectivity index (χ1) is 8.22. The fourth-order valence-electron chi connectivity index (χ4n) is 1.49. The Bertz CT molecular complexity index is 637. The predicted octanol–water partition coefficient (Wildman–Crippen LogP) is 2.15. The van der Waals surface area contributed by atoms with Crippen LogP contribution in [0.4, 0.5) is 0 Å². The molecule has 5 nitrogen and oxygen atoms in total. The van der Waals surface area contributed by atoms with Gasteiger partial charge in [0.05, 0.1) is 23.2 Å². The molecule has 0 atom stereocenters. The zero-order valence-electron chi connectivity index (χ0n) is 8.53. The summed E-state index contributed by atoms with van der Waals surface area (Å²) in [4.78, 5) is 16.6. The maximum absolute atomic E-state index is 10.6. The highest BCUT2D eigenvalue weighted by atomic mass is 32.1. The van der Waals surface area contributed by atoms with Crippen LogP contribution in [0.25, 0.3) is 14.8 Å². The molecule has 0 aromatic carbocycles. The lowest BCUT2D eigenvalue weighted by Crippen LogP contribution is -1.99. The van der Waals surface area contributed by atoms with Crippen molar-refractivity contribution < 1.29 is 9.90 Å². The summed E-state index contributed by atoms with van der Waals surface area (Å²) in [7, 11) is 0. The van der Waals surface area contributed by atoms with Crippen LogP contribution in [0.3, 0.4) is 0 Å². The van der Waals surface area contributed by atoms with Gasteiger partial charge in [0.2, 0.25) is 4.96 Å². The minimum absolute atomic E-state index is 0.0651. The molecule has 0 saturated carbocycles. The summed E-state index contributed by atoms with van der Waals surface area (Å²) >= 11 is 3.08. The number of carbonyl (C=O) groups is 1. The maximum Gasteiger partial charge on any atom is 0.309 e. The Morgan fingerprint density at radius 3 is 3.06 bits per heavy atom. The number of nitrogens with zero attached hydrogens (tertiary/aromatic N) is 3. The zero-order chi connectivity index (χ0) is 11.8. The molecule has 3 aromatic rings. The molecular weight excluding hydrogens is 258 g/mol. The summed E-state index contributed by atoms with van der Waals surface area (Å²) in [5.74, 6) is -0.880. The van der Waals surface area contributed by atoms with Crippen molar-refractivity contribution in [2.75, 3.05) is 0 Å². The van der Waals surface area contributed by atoms with E-state index in [1.807, 2.05) is 17.5 Å². The summed E-state index contributed by atoms with van der Waals surface area (Å²) < 4.78 is 1.64. The van der Waals surface area contributed by atoms with Crippen molar-refractivity contribution in [1.82, 2.24) is 14.6 Å². The molecule has 3 aromatic heterocycles. The second-order valence-corrected chi connectivity index (χ2v) is 5.32. The van der Waals surface area contributed by atoms with Crippen LogP contribution in [-0.2, 0) is 11.2 Å². The molecule has 0 fully saturated rings. The lowest BCUT2D eigenvalue weighted by atomic mass is 10.3. The number of carboxylic acids is 1. The van der Waals surface area contributed by atoms with E-state index < -0.39 is 5.97 Å². The van der Waals surface area contributed by atoms with Gasteiger partial charge < -0.3 is 5.11 Å². The second kappa shape index (κ2) is 3.94. The van der Waals surface area contributed by atoms with Gasteiger partial charge in [0.1, 0.15) is 0 Å². The van der Waals surface area contributed by atoms with Crippen LogP contribution >= 0.6 is 22.7 Å². The Labute approximate surface area is 104 Å². The van der Waals surface area contributed by atoms with Gasteiger partial charge in [0, 0.05) is 0 Å². The number of hydrogen-bond donors (Lipinski definition) is 1. The number of carboxylic acid groups (broad SMARTS) is 1. The highest BCUT2D eigenvalue weighted by Gasteiger charge is 2.11. The van der Waals surface area contributed by atoms with E-state index in [9.17, 15) is 4.79 Å². The molecule has 0 unspecified atom stereocenters.